The van der Waals surface area contributed by atoms with Crippen molar-refractivity contribution in [2.45, 2.75) is 11.7 Å². The van der Waals surface area contributed by atoms with E-state index in [1.54, 1.807) is 26.0 Å². The summed E-state index contributed by atoms with van der Waals surface area (Å²) in [7, 11) is 3.18. The molecule has 0 saturated carbocycles. The molecular weight excluding hydrogens is 276 g/mol. The SMILES string of the molecule is COc1ccc(-c2nc3n(c2C=O)CCS3)cc1OC. The van der Waals surface area contributed by atoms with Crippen molar-refractivity contribution in [2.24, 2.45) is 0 Å². The van der Waals surface area contributed by atoms with Gasteiger partial charge in [0.15, 0.2) is 22.9 Å². The van der Waals surface area contributed by atoms with Crippen LogP contribution in [0.4, 0.5) is 0 Å². The molecule has 0 atom stereocenters. The average molecular weight is 290 g/mol. The van der Waals surface area contributed by atoms with E-state index in [2.05, 4.69) is 4.98 Å². The van der Waals surface area contributed by atoms with Gasteiger partial charge in [-0.15, -0.1) is 0 Å². The summed E-state index contributed by atoms with van der Waals surface area (Å²) in [6.07, 6.45) is 0.869. The highest BCUT2D eigenvalue weighted by molar-refractivity contribution is 7.99. The van der Waals surface area contributed by atoms with Crippen LogP contribution in [-0.4, -0.2) is 35.8 Å². The molecule has 2 aromatic rings. The van der Waals surface area contributed by atoms with Crippen molar-refractivity contribution in [1.29, 1.82) is 0 Å². The smallest absolute Gasteiger partial charge is 0.169 e. The Balaban J connectivity index is 2.12. The summed E-state index contributed by atoms with van der Waals surface area (Å²) in [4.78, 5) is 15.9. The van der Waals surface area contributed by atoms with Gasteiger partial charge in [0.05, 0.1) is 14.2 Å². The lowest BCUT2D eigenvalue weighted by Crippen LogP contribution is -2.00. The molecular formula is C14H14N2O3S. The number of aldehydes is 1. The van der Waals surface area contributed by atoms with Gasteiger partial charge in [0, 0.05) is 17.9 Å². The van der Waals surface area contributed by atoms with Gasteiger partial charge < -0.3 is 14.0 Å². The van der Waals surface area contributed by atoms with Gasteiger partial charge in [-0.1, -0.05) is 11.8 Å². The second-order valence-corrected chi connectivity index (χ2v) is 5.38. The molecule has 20 heavy (non-hydrogen) atoms. The summed E-state index contributed by atoms with van der Waals surface area (Å²) < 4.78 is 12.5. The summed E-state index contributed by atoms with van der Waals surface area (Å²) in [5, 5.41) is 0.900. The summed E-state index contributed by atoms with van der Waals surface area (Å²) >= 11 is 1.67. The monoisotopic (exact) mass is 290 g/mol. The maximum Gasteiger partial charge on any atom is 0.169 e. The summed E-state index contributed by atoms with van der Waals surface area (Å²) in [6, 6.07) is 5.55. The Morgan fingerprint density at radius 2 is 2.10 bits per heavy atom. The van der Waals surface area contributed by atoms with E-state index in [4.69, 9.17) is 9.47 Å². The second-order valence-electron chi connectivity index (χ2n) is 4.32. The number of rotatable bonds is 4. The summed E-state index contributed by atoms with van der Waals surface area (Å²) in [5.41, 5.74) is 2.17. The highest BCUT2D eigenvalue weighted by atomic mass is 32.2. The van der Waals surface area contributed by atoms with Crippen LogP contribution in [0.3, 0.4) is 0 Å². The molecule has 0 spiro atoms. The molecule has 0 unspecified atom stereocenters. The van der Waals surface area contributed by atoms with Crippen LogP contribution in [0.25, 0.3) is 11.3 Å². The zero-order chi connectivity index (χ0) is 14.1. The maximum absolute atomic E-state index is 11.4. The number of nitrogens with zero attached hydrogens (tertiary/aromatic N) is 2. The van der Waals surface area contributed by atoms with Crippen LogP contribution >= 0.6 is 11.8 Å². The van der Waals surface area contributed by atoms with Gasteiger partial charge >= 0.3 is 0 Å². The van der Waals surface area contributed by atoms with Crippen LogP contribution in [0.1, 0.15) is 10.5 Å². The Bertz CT molecular complexity index is 667. The van der Waals surface area contributed by atoms with Gasteiger partial charge in [0.1, 0.15) is 11.4 Å². The van der Waals surface area contributed by atoms with Crippen LogP contribution in [0.15, 0.2) is 23.4 Å². The Hall–Kier alpha value is -1.95. The predicted octanol–water partition coefficient (Wildman–Crippen LogP) is 2.49. The Labute approximate surface area is 120 Å². The minimum Gasteiger partial charge on any atom is -0.493 e. The van der Waals surface area contributed by atoms with E-state index in [0.29, 0.717) is 22.9 Å². The van der Waals surface area contributed by atoms with Crippen molar-refractivity contribution in [1.82, 2.24) is 9.55 Å². The first-order valence-corrected chi connectivity index (χ1v) is 7.18. The zero-order valence-corrected chi connectivity index (χ0v) is 12.1. The Morgan fingerprint density at radius 3 is 2.80 bits per heavy atom. The van der Waals surface area contributed by atoms with E-state index in [1.165, 1.54) is 0 Å². The van der Waals surface area contributed by atoms with Crippen molar-refractivity contribution < 1.29 is 14.3 Å². The highest BCUT2D eigenvalue weighted by Crippen LogP contribution is 2.36. The van der Waals surface area contributed by atoms with E-state index in [9.17, 15) is 4.79 Å². The number of aromatic nitrogens is 2. The second kappa shape index (κ2) is 5.20. The normalized spacial score (nSPS) is 13.1. The van der Waals surface area contributed by atoms with Crippen molar-refractivity contribution in [2.75, 3.05) is 20.0 Å². The molecule has 0 saturated heterocycles. The lowest BCUT2D eigenvalue weighted by Gasteiger charge is -2.09. The molecule has 1 aliphatic heterocycles. The van der Waals surface area contributed by atoms with Gasteiger partial charge in [-0.05, 0) is 18.2 Å². The Kier molecular flexibility index (Phi) is 3.40. The van der Waals surface area contributed by atoms with Crippen LogP contribution < -0.4 is 9.47 Å². The molecule has 0 bridgehead atoms. The number of benzene rings is 1. The van der Waals surface area contributed by atoms with Gasteiger partial charge in [0.25, 0.3) is 0 Å². The first kappa shape index (κ1) is 13.1. The molecule has 2 heterocycles. The fraction of sp³-hybridized carbons (Fsp3) is 0.286. The number of fused-ring (bicyclic) bond motifs is 1. The number of ether oxygens (including phenoxy) is 2. The van der Waals surface area contributed by atoms with Gasteiger partial charge in [-0.3, -0.25) is 4.79 Å². The van der Waals surface area contributed by atoms with Crippen LogP contribution in [0, 0.1) is 0 Å². The zero-order valence-electron chi connectivity index (χ0n) is 11.3. The topological polar surface area (TPSA) is 53.4 Å². The first-order valence-electron chi connectivity index (χ1n) is 6.19. The molecule has 0 amide bonds. The molecule has 104 valence electrons. The Morgan fingerprint density at radius 1 is 1.30 bits per heavy atom. The first-order chi connectivity index (χ1) is 9.78. The van der Waals surface area contributed by atoms with E-state index in [-0.39, 0.29) is 0 Å². The summed E-state index contributed by atoms with van der Waals surface area (Å²) in [6.45, 7) is 0.828. The van der Waals surface area contributed by atoms with Crippen LogP contribution in [0.2, 0.25) is 0 Å². The van der Waals surface area contributed by atoms with Crippen molar-refractivity contribution in [3.05, 3.63) is 23.9 Å². The molecule has 0 N–H and O–H groups in total. The highest BCUT2D eigenvalue weighted by Gasteiger charge is 2.22. The van der Waals surface area contributed by atoms with Gasteiger partial charge in [-0.25, -0.2) is 4.98 Å². The van der Waals surface area contributed by atoms with Crippen molar-refractivity contribution >= 4 is 18.0 Å². The fourth-order valence-corrected chi connectivity index (χ4v) is 3.27. The molecule has 0 fully saturated rings. The minimum absolute atomic E-state index is 0.622. The molecule has 1 aliphatic rings. The number of imidazole rings is 1. The minimum atomic E-state index is 0.622. The number of methoxy groups -OCH3 is 2. The van der Waals surface area contributed by atoms with Gasteiger partial charge in [0.2, 0.25) is 0 Å². The van der Waals surface area contributed by atoms with E-state index in [0.717, 1.165) is 29.3 Å². The third-order valence-corrected chi connectivity index (χ3v) is 4.24. The van der Waals surface area contributed by atoms with E-state index < -0.39 is 0 Å². The average Bonchev–Trinajstić information content (AvgIpc) is 3.06. The molecule has 0 aliphatic carbocycles. The fourth-order valence-electron chi connectivity index (χ4n) is 2.31. The largest absolute Gasteiger partial charge is 0.493 e. The lowest BCUT2D eigenvalue weighted by molar-refractivity contribution is 0.111. The molecule has 6 heteroatoms. The third kappa shape index (κ3) is 1.96. The number of carbonyl (C=O) groups is 1. The van der Waals surface area contributed by atoms with Gasteiger partial charge in [-0.2, -0.15) is 0 Å². The standard InChI is InChI=1S/C14H14N2O3S/c1-18-11-4-3-9(7-12(11)19-2)13-10(8-17)16-5-6-20-14(16)15-13/h3-4,7-8H,5-6H2,1-2H3. The number of carbonyl (C=O) groups excluding carboxylic acids is 1. The molecule has 0 radical (unpaired) electrons. The summed E-state index contributed by atoms with van der Waals surface area (Å²) in [5.74, 6) is 2.25. The number of thioether (sulfide) groups is 1. The molecule has 1 aromatic heterocycles. The maximum atomic E-state index is 11.4. The number of hydrogen-bond donors (Lipinski definition) is 0. The van der Waals surface area contributed by atoms with E-state index in [1.807, 2.05) is 22.8 Å². The molecule has 5 nitrogen and oxygen atoms in total. The van der Waals surface area contributed by atoms with Crippen molar-refractivity contribution in [3.8, 4) is 22.8 Å². The van der Waals surface area contributed by atoms with Crippen molar-refractivity contribution in [3.63, 3.8) is 0 Å². The number of hydrogen-bond acceptors (Lipinski definition) is 5. The van der Waals surface area contributed by atoms with Crippen LogP contribution in [0.5, 0.6) is 11.5 Å². The molecule has 3 rings (SSSR count). The quantitative estimate of drug-likeness (QED) is 0.810. The lowest BCUT2D eigenvalue weighted by atomic mass is 10.1. The van der Waals surface area contributed by atoms with E-state index >= 15 is 0 Å². The van der Waals surface area contributed by atoms with Crippen LogP contribution in [-0.2, 0) is 6.54 Å². The molecule has 1 aromatic carbocycles. The predicted molar refractivity (Wildman–Crippen MR) is 76.9 cm³/mol. The third-order valence-electron chi connectivity index (χ3n) is 3.29.